The molecule has 2 aromatic heterocycles. The summed E-state index contributed by atoms with van der Waals surface area (Å²) in [6, 6.07) is 10.1. The number of hydrogen-bond donors (Lipinski definition) is 2. The van der Waals surface area contributed by atoms with Gasteiger partial charge in [-0.15, -0.1) is 5.92 Å². The number of allylic oxidation sites excluding steroid dienone is 2. The van der Waals surface area contributed by atoms with Gasteiger partial charge in [-0.1, -0.05) is 24.1 Å². The number of aromatic nitrogens is 4. The van der Waals surface area contributed by atoms with Crippen molar-refractivity contribution in [3.05, 3.63) is 62.7 Å². The van der Waals surface area contributed by atoms with E-state index in [0.29, 0.717) is 24.7 Å². The topological polar surface area (TPSA) is 127 Å². The second-order valence-corrected chi connectivity index (χ2v) is 8.57. The number of piperidine rings is 1. The maximum Gasteiger partial charge on any atom is 0.332 e. The third-order valence-corrected chi connectivity index (χ3v) is 6.12. The van der Waals surface area contributed by atoms with Crippen LogP contribution in [0, 0.1) is 23.2 Å². The highest BCUT2D eigenvalue weighted by Gasteiger charge is 2.26. The van der Waals surface area contributed by atoms with Gasteiger partial charge in [0.1, 0.15) is 6.07 Å². The predicted molar refractivity (Wildman–Crippen MR) is 136 cm³/mol. The monoisotopic (exact) mass is 490 g/mol. The highest BCUT2D eigenvalue weighted by Crippen LogP contribution is 2.23. The number of hydrogen-bond acceptors (Lipinski definition) is 7. The zero-order chi connectivity index (χ0) is 25.8. The van der Waals surface area contributed by atoms with Crippen molar-refractivity contribution < 1.29 is 4.39 Å². The lowest BCUT2D eigenvalue weighted by Gasteiger charge is -2.31. The lowest BCUT2D eigenvalue weighted by molar-refractivity contribution is 0.496. The number of fused-ring (bicyclic) bond motifs is 1. The fourth-order valence-corrected chi connectivity index (χ4v) is 4.33. The summed E-state index contributed by atoms with van der Waals surface area (Å²) in [5, 5.41) is 12.0. The Morgan fingerprint density at radius 1 is 1.28 bits per heavy atom. The van der Waals surface area contributed by atoms with Gasteiger partial charge in [-0.25, -0.2) is 4.79 Å². The van der Waals surface area contributed by atoms with Crippen LogP contribution in [0.4, 0.5) is 16.0 Å². The first-order chi connectivity index (χ1) is 17.3. The van der Waals surface area contributed by atoms with Crippen LogP contribution in [0.2, 0.25) is 0 Å². The fraction of sp³-hybridized carbons (Fsp3) is 0.360. The number of halogens is 1. The molecule has 1 atom stereocenters. The summed E-state index contributed by atoms with van der Waals surface area (Å²) in [5.41, 5.74) is 5.52. The summed E-state index contributed by atoms with van der Waals surface area (Å²) in [6.07, 6.45) is 1.77. The van der Waals surface area contributed by atoms with Gasteiger partial charge in [0.15, 0.2) is 11.2 Å². The largest absolute Gasteiger partial charge is 0.354 e. The zero-order valence-corrected chi connectivity index (χ0v) is 20.2. The molecule has 1 fully saturated rings. The van der Waals surface area contributed by atoms with Crippen LogP contribution in [0.15, 0.2) is 51.4 Å². The first kappa shape index (κ1) is 24.8. The van der Waals surface area contributed by atoms with E-state index in [2.05, 4.69) is 22.1 Å². The van der Waals surface area contributed by atoms with Crippen LogP contribution in [-0.2, 0) is 20.1 Å². The van der Waals surface area contributed by atoms with Crippen molar-refractivity contribution in [3.8, 4) is 17.9 Å². The third kappa shape index (κ3) is 4.74. The molecule has 36 heavy (non-hydrogen) atoms. The van der Waals surface area contributed by atoms with E-state index in [9.17, 15) is 19.2 Å². The molecule has 0 spiro atoms. The van der Waals surface area contributed by atoms with Crippen LogP contribution in [0.5, 0.6) is 0 Å². The molecule has 186 valence electrons. The van der Waals surface area contributed by atoms with E-state index in [4.69, 9.17) is 5.73 Å². The number of nitrogens with one attached hydrogen (secondary N) is 1. The second-order valence-electron chi connectivity index (χ2n) is 8.57. The molecule has 1 unspecified atom stereocenters. The van der Waals surface area contributed by atoms with Gasteiger partial charge in [-0.05, 0) is 31.9 Å². The first-order valence-electron chi connectivity index (χ1n) is 11.6. The van der Waals surface area contributed by atoms with Gasteiger partial charge < -0.3 is 16.0 Å². The molecule has 1 saturated heterocycles. The van der Waals surface area contributed by atoms with Crippen molar-refractivity contribution >= 4 is 22.8 Å². The molecule has 3 aromatic rings. The smallest absolute Gasteiger partial charge is 0.332 e. The number of rotatable bonds is 6. The molecular formula is C25H27FN8O2. The Hall–Kier alpha value is -4.35. The number of para-hydroxylation sites is 1. The summed E-state index contributed by atoms with van der Waals surface area (Å²) in [4.78, 5) is 33.6. The molecule has 0 bridgehead atoms. The Morgan fingerprint density at radius 2 is 2.03 bits per heavy atom. The summed E-state index contributed by atoms with van der Waals surface area (Å²) < 4.78 is 18.4. The van der Waals surface area contributed by atoms with Crippen LogP contribution in [0.3, 0.4) is 0 Å². The van der Waals surface area contributed by atoms with Gasteiger partial charge in [0.05, 0.1) is 18.8 Å². The number of anilines is 2. The Morgan fingerprint density at radius 3 is 2.69 bits per heavy atom. The molecular weight excluding hydrogens is 463 g/mol. The molecule has 3 N–H and O–H groups in total. The lowest BCUT2D eigenvalue weighted by atomic mass is 10.1. The maximum atomic E-state index is 14.6. The summed E-state index contributed by atoms with van der Waals surface area (Å²) >= 11 is 0. The third-order valence-electron chi connectivity index (χ3n) is 6.12. The second kappa shape index (κ2) is 10.5. The van der Waals surface area contributed by atoms with E-state index in [1.165, 1.54) is 17.7 Å². The first-order valence-corrected chi connectivity index (χ1v) is 11.6. The normalized spacial score (nSPS) is 16.2. The van der Waals surface area contributed by atoms with Gasteiger partial charge in [-0.2, -0.15) is 14.6 Å². The van der Waals surface area contributed by atoms with Crippen molar-refractivity contribution in [2.24, 2.45) is 12.8 Å². The van der Waals surface area contributed by atoms with Gasteiger partial charge in [0, 0.05) is 31.9 Å². The van der Waals surface area contributed by atoms with Crippen molar-refractivity contribution in [2.45, 2.75) is 38.9 Å². The molecule has 10 nitrogen and oxygen atoms in total. The number of nitriles is 1. The summed E-state index contributed by atoms with van der Waals surface area (Å²) in [5.74, 6) is 5.18. The molecule has 3 heterocycles. The Bertz CT molecular complexity index is 1530. The van der Waals surface area contributed by atoms with Crippen molar-refractivity contribution in [3.63, 3.8) is 0 Å². The SMILES string of the molecule is CC#CCn1c(N2CCCC(N)C2)nc2c1c(=O)n(C/C(Nc1ccccc1)=C(\F)C#N)c(=O)n2C. The van der Waals surface area contributed by atoms with Crippen LogP contribution in [0.25, 0.3) is 11.2 Å². The molecule has 1 aromatic carbocycles. The molecule has 1 aliphatic rings. The average molecular weight is 491 g/mol. The Balaban J connectivity index is 1.88. The molecule has 1 aliphatic heterocycles. The van der Waals surface area contributed by atoms with E-state index in [1.54, 1.807) is 41.8 Å². The molecule has 0 saturated carbocycles. The fourth-order valence-electron chi connectivity index (χ4n) is 4.33. The maximum absolute atomic E-state index is 14.6. The van der Waals surface area contributed by atoms with Gasteiger partial charge in [-0.3, -0.25) is 18.5 Å². The molecule has 0 radical (unpaired) electrons. The average Bonchev–Trinajstić information content (AvgIpc) is 3.28. The van der Waals surface area contributed by atoms with Crippen molar-refractivity contribution in [2.75, 3.05) is 23.3 Å². The predicted octanol–water partition coefficient (Wildman–Crippen LogP) is 1.66. The molecule has 11 heteroatoms. The Labute approximate surface area is 207 Å². The van der Waals surface area contributed by atoms with E-state index in [0.717, 1.165) is 17.4 Å². The number of imidazole rings is 1. The van der Waals surface area contributed by atoms with Crippen LogP contribution in [0.1, 0.15) is 19.8 Å². The molecule has 0 amide bonds. The van der Waals surface area contributed by atoms with E-state index < -0.39 is 23.6 Å². The van der Waals surface area contributed by atoms with E-state index in [-0.39, 0.29) is 29.4 Å². The summed E-state index contributed by atoms with van der Waals surface area (Å²) in [7, 11) is 1.50. The number of aryl methyl sites for hydroxylation is 1. The summed E-state index contributed by atoms with van der Waals surface area (Å²) in [6.45, 7) is 2.68. The van der Waals surface area contributed by atoms with Crippen LogP contribution < -0.4 is 27.2 Å². The highest BCUT2D eigenvalue weighted by molar-refractivity contribution is 5.75. The zero-order valence-electron chi connectivity index (χ0n) is 20.2. The van der Waals surface area contributed by atoms with Crippen molar-refractivity contribution in [1.29, 1.82) is 5.26 Å². The number of benzene rings is 1. The molecule has 4 rings (SSSR count). The van der Waals surface area contributed by atoms with Crippen molar-refractivity contribution in [1.82, 2.24) is 18.7 Å². The van der Waals surface area contributed by atoms with Crippen LogP contribution in [-0.4, -0.2) is 37.8 Å². The highest BCUT2D eigenvalue weighted by atomic mass is 19.1. The van der Waals surface area contributed by atoms with E-state index >= 15 is 0 Å². The minimum Gasteiger partial charge on any atom is -0.354 e. The van der Waals surface area contributed by atoms with E-state index in [1.807, 2.05) is 4.90 Å². The van der Waals surface area contributed by atoms with Crippen LogP contribution >= 0.6 is 0 Å². The standard InChI is InChI=1S/C25H27FN8O2/c1-3-4-13-33-21-22(30-24(33)32-12-8-9-17(28)15-32)31(2)25(36)34(23(21)35)16-20(19(26)14-27)29-18-10-6-5-7-11-18/h5-7,10-11,17,29H,8-9,12-13,15-16,28H2,1-2H3/b20-19+. The lowest BCUT2D eigenvalue weighted by Crippen LogP contribution is -2.44. The quantitative estimate of drug-likeness (QED) is 0.397. The number of nitrogens with two attached hydrogens (primary N) is 1. The Kier molecular flexibility index (Phi) is 7.23. The molecule has 0 aliphatic carbocycles. The van der Waals surface area contributed by atoms with Gasteiger partial charge in [0.2, 0.25) is 11.8 Å². The minimum atomic E-state index is -1.12. The number of nitrogens with zero attached hydrogens (tertiary/aromatic N) is 6. The minimum absolute atomic E-state index is 0.0320. The van der Waals surface area contributed by atoms with Gasteiger partial charge in [0.25, 0.3) is 5.56 Å². The van der Waals surface area contributed by atoms with Gasteiger partial charge >= 0.3 is 5.69 Å².